The Morgan fingerprint density at radius 3 is 2.14 bits per heavy atom. The minimum absolute atomic E-state index is 0.218. The van der Waals surface area contributed by atoms with Crippen molar-refractivity contribution in [3.05, 3.63) is 34.4 Å². The molecular formula is C17H25NO3. The number of carboxylic acids is 1. The second-order valence-electron chi connectivity index (χ2n) is 6.21. The number of aliphatic carboxylic acids is 1. The Hall–Kier alpha value is -1.84. The van der Waals surface area contributed by atoms with Crippen molar-refractivity contribution in [2.75, 3.05) is 0 Å². The van der Waals surface area contributed by atoms with E-state index in [-0.39, 0.29) is 5.91 Å². The van der Waals surface area contributed by atoms with E-state index in [1.54, 1.807) is 0 Å². The van der Waals surface area contributed by atoms with Gasteiger partial charge in [-0.2, -0.15) is 0 Å². The van der Waals surface area contributed by atoms with Gasteiger partial charge in [-0.15, -0.1) is 0 Å². The number of hydrogen-bond acceptors (Lipinski definition) is 2. The number of hydrogen-bond donors (Lipinski definition) is 2. The summed E-state index contributed by atoms with van der Waals surface area (Å²) in [4.78, 5) is 22.8. The van der Waals surface area contributed by atoms with Crippen molar-refractivity contribution in [2.45, 2.75) is 59.4 Å². The highest BCUT2D eigenvalue weighted by Gasteiger charge is 2.28. The number of rotatable bonds is 6. The fourth-order valence-corrected chi connectivity index (χ4v) is 2.49. The number of carbonyl (C=O) groups excluding carboxylic acids is 1. The first-order valence-corrected chi connectivity index (χ1v) is 7.24. The van der Waals surface area contributed by atoms with Gasteiger partial charge in [0.1, 0.15) is 5.54 Å². The molecule has 1 aromatic carbocycles. The van der Waals surface area contributed by atoms with Crippen LogP contribution in [0.1, 0.15) is 48.9 Å². The van der Waals surface area contributed by atoms with Gasteiger partial charge in [0.2, 0.25) is 5.91 Å². The minimum atomic E-state index is -1.22. The van der Waals surface area contributed by atoms with E-state index in [2.05, 4.69) is 38.2 Å². The van der Waals surface area contributed by atoms with Crippen molar-refractivity contribution >= 4 is 11.9 Å². The van der Waals surface area contributed by atoms with Crippen molar-refractivity contribution in [2.24, 2.45) is 0 Å². The predicted octanol–water partition coefficient (Wildman–Crippen LogP) is 2.91. The fourth-order valence-electron chi connectivity index (χ4n) is 2.49. The van der Waals surface area contributed by atoms with Crippen LogP contribution < -0.4 is 5.32 Å². The Morgan fingerprint density at radius 1 is 1.14 bits per heavy atom. The Balaban J connectivity index is 2.55. The summed E-state index contributed by atoms with van der Waals surface area (Å²) in [6, 6.07) is 4.30. The molecule has 4 nitrogen and oxygen atoms in total. The molecule has 0 radical (unpaired) electrons. The maximum absolute atomic E-state index is 11.8. The number of aryl methyl sites for hydroxylation is 3. The zero-order chi connectivity index (χ0) is 16.2. The summed E-state index contributed by atoms with van der Waals surface area (Å²) in [5.41, 5.74) is 3.81. The lowest BCUT2D eigenvalue weighted by molar-refractivity contribution is -0.146. The Bertz CT molecular complexity index is 524. The molecule has 0 aliphatic heterocycles. The van der Waals surface area contributed by atoms with Crippen molar-refractivity contribution in [3.63, 3.8) is 0 Å². The summed E-state index contributed by atoms with van der Waals surface area (Å²) in [6.07, 6.45) is 1.88. The quantitative estimate of drug-likeness (QED) is 0.847. The third kappa shape index (κ3) is 4.88. The monoisotopic (exact) mass is 291 g/mol. The smallest absolute Gasteiger partial charge is 0.328 e. The first-order valence-electron chi connectivity index (χ1n) is 7.24. The van der Waals surface area contributed by atoms with E-state index in [1.165, 1.54) is 36.1 Å². The molecular weight excluding hydrogens is 266 g/mol. The Morgan fingerprint density at radius 2 is 1.67 bits per heavy atom. The lowest BCUT2D eigenvalue weighted by Gasteiger charge is -2.21. The van der Waals surface area contributed by atoms with Crippen LogP contribution in [0.4, 0.5) is 0 Å². The fraction of sp³-hybridized carbons (Fsp3) is 0.529. The van der Waals surface area contributed by atoms with Crippen LogP contribution in [0.3, 0.4) is 0 Å². The molecule has 0 aromatic heterocycles. The molecule has 0 fully saturated rings. The van der Waals surface area contributed by atoms with Crippen molar-refractivity contribution in [1.29, 1.82) is 0 Å². The van der Waals surface area contributed by atoms with E-state index in [9.17, 15) is 9.59 Å². The molecule has 2 N–H and O–H groups in total. The second kappa shape index (κ2) is 6.74. The summed E-state index contributed by atoms with van der Waals surface area (Å²) in [5, 5.41) is 11.5. The van der Waals surface area contributed by atoms with Crippen molar-refractivity contribution in [1.82, 2.24) is 5.32 Å². The molecule has 1 aromatic rings. The van der Waals surface area contributed by atoms with E-state index >= 15 is 0 Å². The minimum Gasteiger partial charge on any atom is -0.480 e. The normalized spacial score (nSPS) is 11.3. The highest BCUT2D eigenvalue weighted by atomic mass is 16.4. The summed E-state index contributed by atoms with van der Waals surface area (Å²) >= 11 is 0. The maximum atomic E-state index is 11.8. The first kappa shape index (κ1) is 17.2. The lowest BCUT2D eigenvalue weighted by Crippen LogP contribution is -2.49. The number of amides is 1. The third-order valence-corrected chi connectivity index (χ3v) is 3.66. The molecule has 0 unspecified atom stereocenters. The van der Waals surface area contributed by atoms with Crippen LogP contribution >= 0.6 is 0 Å². The zero-order valence-electron chi connectivity index (χ0n) is 13.5. The first-order chi connectivity index (χ1) is 9.63. The van der Waals surface area contributed by atoms with Crippen LogP contribution in [-0.4, -0.2) is 22.5 Å². The van der Waals surface area contributed by atoms with Gasteiger partial charge in [-0.05, 0) is 64.2 Å². The van der Waals surface area contributed by atoms with Crippen LogP contribution in [0, 0.1) is 20.8 Å². The van der Waals surface area contributed by atoms with Gasteiger partial charge in [-0.3, -0.25) is 4.79 Å². The molecule has 0 bridgehead atoms. The molecule has 1 rings (SSSR count). The molecule has 0 saturated carbocycles. The summed E-state index contributed by atoms with van der Waals surface area (Å²) in [7, 11) is 0. The van der Waals surface area contributed by atoms with Crippen LogP contribution in [-0.2, 0) is 16.0 Å². The van der Waals surface area contributed by atoms with Crippen LogP contribution in [0.5, 0.6) is 0 Å². The molecule has 0 aliphatic carbocycles. The highest BCUT2D eigenvalue weighted by Crippen LogP contribution is 2.18. The van der Waals surface area contributed by atoms with Crippen LogP contribution in [0.15, 0.2) is 12.1 Å². The topological polar surface area (TPSA) is 66.4 Å². The lowest BCUT2D eigenvalue weighted by atomic mass is 9.95. The second-order valence-corrected chi connectivity index (χ2v) is 6.21. The van der Waals surface area contributed by atoms with Crippen molar-refractivity contribution < 1.29 is 14.7 Å². The Kier molecular flexibility index (Phi) is 5.53. The summed E-state index contributed by atoms with van der Waals surface area (Å²) < 4.78 is 0. The predicted molar refractivity (Wildman–Crippen MR) is 83.4 cm³/mol. The summed E-state index contributed by atoms with van der Waals surface area (Å²) in [5.74, 6) is -1.24. The molecule has 0 heterocycles. The van der Waals surface area contributed by atoms with E-state index in [4.69, 9.17) is 5.11 Å². The van der Waals surface area contributed by atoms with E-state index in [1.807, 2.05) is 0 Å². The zero-order valence-corrected chi connectivity index (χ0v) is 13.5. The maximum Gasteiger partial charge on any atom is 0.328 e. The van der Waals surface area contributed by atoms with E-state index < -0.39 is 11.5 Å². The molecule has 0 spiro atoms. The largest absolute Gasteiger partial charge is 0.480 e. The third-order valence-electron chi connectivity index (χ3n) is 3.66. The van der Waals surface area contributed by atoms with Gasteiger partial charge in [0, 0.05) is 6.42 Å². The molecule has 0 aliphatic rings. The van der Waals surface area contributed by atoms with E-state index in [0.29, 0.717) is 12.8 Å². The van der Waals surface area contributed by atoms with Crippen LogP contribution in [0.2, 0.25) is 0 Å². The van der Waals surface area contributed by atoms with Gasteiger partial charge in [-0.25, -0.2) is 4.79 Å². The van der Waals surface area contributed by atoms with Crippen molar-refractivity contribution in [3.8, 4) is 0 Å². The number of nitrogens with one attached hydrogen (secondary N) is 1. The van der Waals surface area contributed by atoms with Gasteiger partial charge in [-0.1, -0.05) is 17.7 Å². The van der Waals surface area contributed by atoms with Gasteiger partial charge in [0.15, 0.2) is 0 Å². The van der Waals surface area contributed by atoms with Gasteiger partial charge in [0.05, 0.1) is 0 Å². The van der Waals surface area contributed by atoms with Crippen LogP contribution in [0.25, 0.3) is 0 Å². The Labute approximate surface area is 126 Å². The molecule has 0 saturated heterocycles. The van der Waals surface area contributed by atoms with Gasteiger partial charge >= 0.3 is 5.97 Å². The SMILES string of the molecule is Cc1cc(C)c(CCCC(=O)NC(C)(C)C(=O)O)c(C)c1. The standard InChI is InChI=1S/C17H25NO3/c1-11-9-12(2)14(13(3)10-11)7-6-8-15(19)18-17(4,5)16(20)21/h9-10H,6-8H2,1-5H3,(H,18,19)(H,20,21). The number of carbonyl (C=O) groups is 2. The molecule has 4 heteroatoms. The highest BCUT2D eigenvalue weighted by molar-refractivity contribution is 5.86. The number of carboxylic acid groups (broad SMARTS) is 1. The average molecular weight is 291 g/mol. The molecule has 21 heavy (non-hydrogen) atoms. The van der Waals surface area contributed by atoms with E-state index in [0.717, 1.165) is 6.42 Å². The number of benzene rings is 1. The molecule has 116 valence electrons. The molecule has 0 atom stereocenters. The average Bonchev–Trinajstić information content (AvgIpc) is 2.31. The van der Waals surface area contributed by atoms with Gasteiger partial charge in [0.25, 0.3) is 0 Å². The summed E-state index contributed by atoms with van der Waals surface area (Å²) in [6.45, 7) is 9.22. The molecule has 1 amide bonds. The van der Waals surface area contributed by atoms with Gasteiger partial charge < -0.3 is 10.4 Å².